The van der Waals surface area contributed by atoms with Gasteiger partial charge in [0.15, 0.2) is 11.6 Å². The van der Waals surface area contributed by atoms with E-state index in [4.69, 9.17) is 0 Å². The average Bonchev–Trinajstić information content (AvgIpc) is 2.00. The lowest BCUT2D eigenvalue weighted by Crippen LogP contribution is -3.14. The highest BCUT2D eigenvalue weighted by molar-refractivity contribution is 5.85. The molecule has 0 bridgehead atoms. The van der Waals surface area contributed by atoms with Crippen molar-refractivity contribution >= 4 is 11.6 Å². The maximum Gasteiger partial charge on any atom is 0.192 e. The molecule has 3 nitrogen and oxygen atoms in total. The molecule has 14 heavy (non-hydrogen) atoms. The topological polar surface area (TPSA) is 38.6 Å². The summed E-state index contributed by atoms with van der Waals surface area (Å²) in [6.45, 7) is 9.55. The van der Waals surface area contributed by atoms with Crippen LogP contribution in [0, 0.1) is 5.41 Å². The van der Waals surface area contributed by atoms with Gasteiger partial charge in [0.05, 0.1) is 7.05 Å². The lowest BCUT2D eigenvalue weighted by atomic mass is 9.90. The van der Waals surface area contributed by atoms with Crippen LogP contribution in [0.3, 0.4) is 0 Å². The predicted octanol–water partition coefficient (Wildman–Crippen LogP) is 0.0938. The van der Waals surface area contributed by atoms with Crippen molar-refractivity contribution in [3.8, 4) is 0 Å². The molecule has 0 radical (unpaired) electrons. The Morgan fingerprint density at radius 2 is 1.71 bits per heavy atom. The number of rotatable bonds is 4. The van der Waals surface area contributed by atoms with E-state index in [0.717, 1.165) is 4.90 Å². The number of hydrogen-bond donors (Lipinski definition) is 1. The summed E-state index contributed by atoms with van der Waals surface area (Å²) >= 11 is 0. The van der Waals surface area contributed by atoms with E-state index in [1.165, 1.54) is 0 Å². The molecule has 0 spiro atoms. The first-order valence-corrected chi connectivity index (χ1v) is 5.02. The third-order valence-corrected chi connectivity index (χ3v) is 2.62. The standard InChI is InChI=1S/C11H21NO2/c1-8(9(2)13)12(6)7-10(14)11(3,4)5/h8H,7H2,1-6H3/p+1/t8-/m0/s1. The minimum Gasteiger partial charge on any atom is -0.323 e. The van der Waals surface area contributed by atoms with Crippen molar-refractivity contribution in [1.82, 2.24) is 0 Å². The molecule has 2 atom stereocenters. The van der Waals surface area contributed by atoms with E-state index in [2.05, 4.69) is 0 Å². The van der Waals surface area contributed by atoms with Crippen LogP contribution in [0.15, 0.2) is 0 Å². The normalized spacial score (nSPS) is 16.1. The third-order valence-electron chi connectivity index (χ3n) is 2.62. The highest BCUT2D eigenvalue weighted by atomic mass is 16.1. The molecule has 82 valence electrons. The van der Waals surface area contributed by atoms with Crippen molar-refractivity contribution in [3.05, 3.63) is 0 Å². The van der Waals surface area contributed by atoms with Crippen LogP contribution in [0.5, 0.6) is 0 Å². The van der Waals surface area contributed by atoms with E-state index in [1.54, 1.807) is 6.92 Å². The van der Waals surface area contributed by atoms with Gasteiger partial charge in [-0.1, -0.05) is 20.8 Å². The van der Waals surface area contributed by atoms with Crippen LogP contribution < -0.4 is 4.90 Å². The Labute approximate surface area is 86.5 Å². The van der Waals surface area contributed by atoms with Crippen LogP contribution in [0.4, 0.5) is 0 Å². The Bertz CT molecular complexity index is 228. The second-order valence-corrected chi connectivity index (χ2v) is 5.03. The second kappa shape index (κ2) is 4.69. The molecule has 0 saturated heterocycles. The molecule has 0 aromatic carbocycles. The highest BCUT2D eigenvalue weighted by Gasteiger charge is 2.27. The van der Waals surface area contributed by atoms with Gasteiger partial charge in [0.2, 0.25) is 0 Å². The van der Waals surface area contributed by atoms with Crippen LogP contribution in [-0.4, -0.2) is 31.2 Å². The molecule has 0 aliphatic heterocycles. The lowest BCUT2D eigenvalue weighted by Gasteiger charge is -2.23. The molecule has 0 saturated carbocycles. The summed E-state index contributed by atoms with van der Waals surface area (Å²) in [6, 6.07) is -0.0960. The molecular formula is C11H22NO2+. The van der Waals surface area contributed by atoms with E-state index >= 15 is 0 Å². The van der Waals surface area contributed by atoms with Gasteiger partial charge in [-0.2, -0.15) is 0 Å². The van der Waals surface area contributed by atoms with Crippen molar-refractivity contribution < 1.29 is 14.5 Å². The van der Waals surface area contributed by atoms with E-state index in [-0.39, 0.29) is 23.0 Å². The molecule has 3 heteroatoms. The molecule has 0 aliphatic rings. The number of Topliss-reactive ketones (excluding diaryl/α,β-unsaturated/α-hetero) is 2. The predicted molar refractivity (Wildman–Crippen MR) is 56.4 cm³/mol. The molecule has 0 aromatic rings. The van der Waals surface area contributed by atoms with E-state index in [0.29, 0.717) is 6.54 Å². The zero-order valence-corrected chi connectivity index (χ0v) is 10.1. The molecule has 0 aliphatic carbocycles. The first-order chi connectivity index (χ1) is 6.16. The first-order valence-electron chi connectivity index (χ1n) is 5.02. The SMILES string of the molecule is CC(=O)[C@H](C)[NH+](C)CC(=O)C(C)(C)C. The van der Waals surface area contributed by atoms with Gasteiger partial charge in [-0.25, -0.2) is 0 Å². The van der Waals surface area contributed by atoms with E-state index in [1.807, 2.05) is 34.7 Å². The molecule has 0 heterocycles. The van der Waals surface area contributed by atoms with Crippen LogP contribution in [0.25, 0.3) is 0 Å². The molecule has 0 amide bonds. The minimum atomic E-state index is -0.308. The van der Waals surface area contributed by atoms with Gasteiger partial charge in [0.1, 0.15) is 12.6 Å². The van der Waals surface area contributed by atoms with Crippen molar-refractivity contribution in [2.45, 2.75) is 40.7 Å². The number of quaternary nitrogens is 1. The zero-order valence-electron chi connectivity index (χ0n) is 10.1. The van der Waals surface area contributed by atoms with Crippen LogP contribution in [0.2, 0.25) is 0 Å². The number of nitrogens with one attached hydrogen (secondary N) is 1. The van der Waals surface area contributed by atoms with Crippen molar-refractivity contribution in [1.29, 1.82) is 0 Å². The van der Waals surface area contributed by atoms with Crippen molar-refractivity contribution in [2.75, 3.05) is 13.6 Å². The second-order valence-electron chi connectivity index (χ2n) is 5.03. The first kappa shape index (κ1) is 13.3. The quantitative estimate of drug-likeness (QED) is 0.698. The van der Waals surface area contributed by atoms with Gasteiger partial charge in [0.25, 0.3) is 0 Å². The van der Waals surface area contributed by atoms with Crippen LogP contribution in [-0.2, 0) is 9.59 Å². The fourth-order valence-electron chi connectivity index (χ4n) is 1.02. The van der Waals surface area contributed by atoms with Gasteiger partial charge >= 0.3 is 0 Å². The smallest absolute Gasteiger partial charge is 0.192 e. The van der Waals surface area contributed by atoms with Gasteiger partial charge in [-0.05, 0) is 6.92 Å². The number of carbonyl (C=O) groups is 2. The summed E-state index contributed by atoms with van der Waals surface area (Å²) in [5.41, 5.74) is -0.308. The number of carbonyl (C=O) groups excluding carboxylic acids is 2. The summed E-state index contributed by atoms with van der Waals surface area (Å²) in [5.74, 6) is 0.326. The fourth-order valence-corrected chi connectivity index (χ4v) is 1.02. The summed E-state index contributed by atoms with van der Waals surface area (Å²) in [7, 11) is 1.88. The van der Waals surface area contributed by atoms with Gasteiger partial charge in [-0.15, -0.1) is 0 Å². The molecule has 0 fully saturated rings. The molecule has 1 N–H and O–H groups in total. The average molecular weight is 200 g/mol. The van der Waals surface area contributed by atoms with Crippen molar-refractivity contribution in [3.63, 3.8) is 0 Å². The Hall–Kier alpha value is -0.700. The van der Waals surface area contributed by atoms with Gasteiger partial charge < -0.3 is 4.90 Å². The Morgan fingerprint density at radius 1 is 1.29 bits per heavy atom. The summed E-state index contributed by atoms with van der Waals surface area (Å²) in [4.78, 5) is 23.7. The van der Waals surface area contributed by atoms with Crippen molar-refractivity contribution in [2.24, 2.45) is 5.41 Å². The van der Waals surface area contributed by atoms with Gasteiger partial charge in [-0.3, -0.25) is 9.59 Å². The maximum absolute atomic E-state index is 11.7. The Morgan fingerprint density at radius 3 is 2.00 bits per heavy atom. The monoisotopic (exact) mass is 200 g/mol. The zero-order chi connectivity index (χ0) is 11.5. The molecule has 0 rings (SSSR count). The highest BCUT2D eigenvalue weighted by Crippen LogP contribution is 2.12. The largest absolute Gasteiger partial charge is 0.323 e. The number of ketones is 2. The van der Waals surface area contributed by atoms with E-state index < -0.39 is 0 Å². The third kappa shape index (κ3) is 4.01. The fraction of sp³-hybridized carbons (Fsp3) is 0.818. The summed E-state index contributed by atoms with van der Waals surface area (Å²) < 4.78 is 0. The summed E-state index contributed by atoms with van der Waals surface area (Å²) in [6.07, 6.45) is 0. The molecule has 1 unspecified atom stereocenters. The Kier molecular flexibility index (Phi) is 4.46. The molecular weight excluding hydrogens is 178 g/mol. The summed E-state index contributed by atoms with van der Waals surface area (Å²) in [5, 5.41) is 0. The van der Waals surface area contributed by atoms with Gasteiger partial charge in [0, 0.05) is 12.3 Å². The number of likely N-dealkylation sites (N-methyl/N-ethyl adjacent to an activating group) is 1. The van der Waals surface area contributed by atoms with Crippen LogP contribution in [0.1, 0.15) is 34.6 Å². The number of hydrogen-bond acceptors (Lipinski definition) is 2. The Balaban J connectivity index is 4.27. The molecule has 0 aromatic heterocycles. The lowest BCUT2D eigenvalue weighted by molar-refractivity contribution is -0.886. The van der Waals surface area contributed by atoms with E-state index in [9.17, 15) is 9.59 Å². The van der Waals surface area contributed by atoms with Crippen LogP contribution >= 0.6 is 0 Å². The maximum atomic E-state index is 11.7. The minimum absolute atomic E-state index is 0.0960.